The molecule has 21 heavy (non-hydrogen) atoms. The number of hydrogen-bond acceptors (Lipinski definition) is 2. The standard InChI is InChI=1S/C16H20N2O3/c1-16(6-2-7-16)10-17-15(21)18-8-5-11-9-12(14(19)20)3-4-13(11)18/h3-4,9H,2,5-8,10H2,1H3,(H,17,21)(H,19,20). The molecular formula is C16H20N2O3. The van der Waals surface area contributed by atoms with Crippen LogP contribution in [0.3, 0.4) is 0 Å². The molecule has 5 nitrogen and oxygen atoms in total. The summed E-state index contributed by atoms with van der Waals surface area (Å²) in [5, 5.41) is 12.0. The third kappa shape index (κ3) is 2.60. The van der Waals surface area contributed by atoms with Gasteiger partial charge in [-0.05, 0) is 48.4 Å². The molecular weight excluding hydrogens is 268 g/mol. The third-order valence-electron chi connectivity index (χ3n) is 4.69. The van der Waals surface area contributed by atoms with Crippen LogP contribution in [-0.2, 0) is 6.42 Å². The molecule has 1 fully saturated rings. The van der Waals surface area contributed by atoms with Crippen LogP contribution in [0.15, 0.2) is 18.2 Å². The van der Waals surface area contributed by atoms with E-state index in [1.54, 1.807) is 23.1 Å². The van der Waals surface area contributed by atoms with Crippen molar-refractivity contribution < 1.29 is 14.7 Å². The number of amides is 2. The Kier molecular flexibility index (Phi) is 3.35. The second-order valence-electron chi connectivity index (χ2n) is 6.37. The number of carbonyl (C=O) groups is 2. The minimum Gasteiger partial charge on any atom is -0.478 e. The van der Waals surface area contributed by atoms with E-state index in [0.29, 0.717) is 19.5 Å². The molecule has 112 valence electrons. The maximum Gasteiger partial charge on any atom is 0.335 e. The Labute approximate surface area is 123 Å². The Hall–Kier alpha value is -2.04. The number of aromatic carboxylic acids is 1. The molecule has 0 radical (unpaired) electrons. The molecule has 0 bridgehead atoms. The van der Waals surface area contributed by atoms with E-state index in [9.17, 15) is 9.59 Å². The smallest absolute Gasteiger partial charge is 0.335 e. The molecule has 1 aromatic rings. The van der Waals surface area contributed by atoms with Crippen molar-refractivity contribution in [1.82, 2.24) is 5.32 Å². The summed E-state index contributed by atoms with van der Waals surface area (Å²) in [5.74, 6) is -0.932. The van der Waals surface area contributed by atoms with Gasteiger partial charge in [-0.25, -0.2) is 9.59 Å². The highest BCUT2D eigenvalue weighted by atomic mass is 16.4. The Morgan fingerprint density at radius 1 is 1.38 bits per heavy atom. The normalized spacial score (nSPS) is 18.8. The molecule has 0 aromatic heterocycles. The van der Waals surface area contributed by atoms with Gasteiger partial charge in [-0.1, -0.05) is 13.3 Å². The van der Waals surface area contributed by atoms with Gasteiger partial charge in [0.05, 0.1) is 5.56 Å². The number of hydrogen-bond donors (Lipinski definition) is 2. The molecule has 2 aliphatic rings. The van der Waals surface area contributed by atoms with Crippen LogP contribution in [0, 0.1) is 5.41 Å². The van der Waals surface area contributed by atoms with Crippen molar-refractivity contribution in [2.75, 3.05) is 18.0 Å². The van der Waals surface area contributed by atoms with Gasteiger partial charge in [0.2, 0.25) is 0 Å². The number of nitrogens with one attached hydrogen (secondary N) is 1. The summed E-state index contributed by atoms with van der Waals surface area (Å²) in [5.41, 5.74) is 2.29. The van der Waals surface area contributed by atoms with Gasteiger partial charge in [-0.15, -0.1) is 0 Å². The fraction of sp³-hybridized carbons (Fsp3) is 0.500. The van der Waals surface area contributed by atoms with Crippen LogP contribution in [0.2, 0.25) is 0 Å². The van der Waals surface area contributed by atoms with Crippen LogP contribution in [0.1, 0.15) is 42.1 Å². The van der Waals surface area contributed by atoms with Crippen LogP contribution in [-0.4, -0.2) is 30.2 Å². The van der Waals surface area contributed by atoms with E-state index >= 15 is 0 Å². The molecule has 1 saturated carbocycles. The zero-order valence-corrected chi connectivity index (χ0v) is 12.2. The molecule has 1 heterocycles. The summed E-state index contributed by atoms with van der Waals surface area (Å²) < 4.78 is 0. The predicted molar refractivity (Wildman–Crippen MR) is 79.8 cm³/mol. The first kappa shape index (κ1) is 13.9. The maximum atomic E-state index is 12.3. The highest BCUT2D eigenvalue weighted by Crippen LogP contribution is 2.39. The van der Waals surface area contributed by atoms with Gasteiger partial charge in [-0.3, -0.25) is 4.90 Å². The SMILES string of the molecule is CC1(CNC(=O)N2CCc3cc(C(=O)O)ccc32)CCC1. The summed E-state index contributed by atoms with van der Waals surface area (Å²) in [6.45, 7) is 3.53. The molecule has 0 atom stereocenters. The first-order chi connectivity index (χ1) is 9.98. The van der Waals surface area contributed by atoms with Crippen molar-refractivity contribution in [2.45, 2.75) is 32.6 Å². The van der Waals surface area contributed by atoms with Crippen molar-refractivity contribution in [3.63, 3.8) is 0 Å². The van der Waals surface area contributed by atoms with E-state index in [4.69, 9.17) is 5.11 Å². The average molecular weight is 288 g/mol. The number of carboxylic acid groups (broad SMARTS) is 1. The molecule has 0 spiro atoms. The van der Waals surface area contributed by atoms with Gasteiger partial charge in [0.25, 0.3) is 0 Å². The van der Waals surface area contributed by atoms with E-state index in [0.717, 1.165) is 11.3 Å². The summed E-state index contributed by atoms with van der Waals surface area (Å²) in [7, 11) is 0. The number of urea groups is 1. The average Bonchev–Trinajstić information content (AvgIpc) is 2.85. The number of fused-ring (bicyclic) bond motifs is 1. The van der Waals surface area contributed by atoms with E-state index < -0.39 is 5.97 Å². The molecule has 0 unspecified atom stereocenters. The second-order valence-corrected chi connectivity index (χ2v) is 6.37. The first-order valence-electron chi connectivity index (χ1n) is 7.40. The number of carbonyl (C=O) groups excluding carboxylic acids is 1. The van der Waals surface area contributed by atoms with E-state index in [1.165, 1.54) is 19.3 Å². The van der Waals surface area contributed by atoms with Crippen LogP contribution in [0.4, 0.5) is 10.5 Å². The van der Waals surface area contributed by atoms with E-state index in [1.807, 2.05) is 0 Å². The molecule has 2 amide bonds. The molecule has 3 rings (SSSR count). The number of nitrogens with zero attached hydrogens (tertiary/aromatic N) is 1. The number of benzene rings is 1. The number of rotatable bonds is 3. The van der Waals surface area contributed by atoms with Crippen molar-refractivity contribution in [3.05, 3.63) is 29.3 Å². The van der Waals surface area contributed by atoms with Gasteiger partial charge in [0, 0.05) is 18.8 Å². The lowest BCUT2D eigenvalue weighted by Gasteiger charge is -2.38. The topological polar surface area (TPSA) is 69.6 Å². The second kappa shape index (κ2) is 5.06. The van der Waals surface area contributed by atoms with Crippen molar-refractivity contribution >= 4 is 17.7 Å². The van der Waals surface area contributed by atoms with Crippen LogP contribution >= 0.6 is 0 Å². The summed E-state index contributed by atoms with van der Waals surface area (Å²) >= 11 is 0. The Morgan fingerprint density at radius 2 is 2.14 bits per heavy atom. The van der Waals surface area contributed by atoms with Crippen molar-refractivity contribution in [1.29, 1.82) is 0 Å². The van der Waals surface area contributed by atoms with Gasteiger partial charge < -0.3 is 10.4 Å². The van der Waals surface area contributed by atoms with Crippen LogP contribution in [0.25, 0.3) is 0 Å². The fourth-order valence-electron chi connectivity index (χ4n) is 3.09. The highest BCUT2D eigenvalue weighted by molar-refractivity contribution is 5.96. The summed E-state index contributed by atoms with van der Waals surface area (Å²) in [6.07, 6.45) is 4.30. The largest absolute Gasteiger partial charge is 0.478 e. The van der Waals surface area contributed by atoms with Gasteiger partial charge >= 0.3 is 12.0 Å². The Bertz CT molecular complexity index is 593. The lowest BCUT2D eigenvalue weighted by atomic mass is 9.70. The minimum atomic E-state index is -0.932. The highest BCUT2D eigenvalue weighted by Gasteiger charge is 2.33. The first-order valence-corrected chi connectivity index (χ1v) is 7.40. The lowest BCUT2D eigenvalue weighted by molar-refractivity contribution is 0.0697. The monoisotopic (exact) mass is 288 g/mol. The molecule has 2 N–H and O–H groups in total. The van der Waals surface area contributed by atoms with Gasteiger partial charge in [0.15, 0.2) is 0 Å². The quantitative estimate of drug-likeness (QED) is 0.898. The lowest BCUT2D eigenvalue weighted by Crippen LogP contribution is -2.45. The molecule has 1 aliphatic carbocycles. The van der Waals surface area contributed by atoms with E-state index in [-0.39, 0.29) is 17.0 Å². The van der Waals surface area contributed by atoms with Gasteiger partial charge in [-0.2, -0.15) is 0 Å². The number of anilines is 1. The molecule has 0 saturated heterocycles. The summed E-state index contributed by atoms with van der Waals surface area (Å²) in [6, 6.07) is 4.87. The molecule has 5 heteroatoms. The fourth-order valence-corrected chi connectivity index (χ4v) is 3.09. The van der Waals surface area contributed by atoms with E-state index in [2.05, 4.69) is 12.2 Å². The zero-order valence-electron chi connectivity index (χ0n) is 12.2. The Balaban J connectivity index is 1.68. The molecule has 1 aromatic carbocycles. The predicted octanol–water partition coefficient (Wildman–Crippen LogP) is 2.65. The van der Waals surface area contributed by atoms with Crippen LogP contribution < -0.4 is 10.2 Å². The minimum absolute atomic E-state index is 0.0787. The Morgan fingerprint density at radius 3 is 2.76 bits per heavy atom. The number of carboxylic acids is 1. The van der Waals surface area contributed by atoms with Crippen LogP contribution in [0.5, 0.6) is 0 Å². The summed E-state index contributed by atoms with van der Waals surface area (Å²) in [4.78, 5) is 25.0. The van der Waals surface area contributed by atoms with Crippen molar-refractivity contribution in [2.24, 2.45) is 5.41 Å². The van der Waals surface area contributed by atoms with Crippen molar-refractivity contribution in [3.8, 4) is 0 Å². The molecule has 1 aliphatic heterocycles. The third-order valence-corrected chi connectivity index (χ3v) is 4.69. The van der Waals surface area contributed by atoms with Gasteiger partial charge in [0.1, 0.15) is 0 Å². The maximum absolute atomic E-state index is 12.3. The zero-order chi connectivity index (χ0) is 15.0.